The molecule has 30 heavy (non-hydrogen) atoms. The molecule has 0 aliphatic carbocycles. The summed E-state index contributed by atoms with van der Waals surface area (Å²) in [7, 11) is 0. The van der Waals surface area contributed by atoms with Crippen molar-refractivity contribution in [2.24, 2.45) is 5.92 Å². The number of hydrogen-bond acceptors (Lipinski definition) is 3. The van der Waals surface area contributed by atoms with Crippen LogP contribution in [0.4, 0.5) is 21.9 Å². The minimum Gasteiger partial charge on any atom is -0.465 e. The summed E-state index contributed by atoms with van der Waals surface area (Å²) in [6.45, 7) is 0.496. The lowest BCUT2D eigenvalue weighted by Crippen LogP contribution is -2.30. The smallest absolute Gasteiger partial charge is 0.407 e. The molecule has 3 N–H and O–H groups in total. The third-order valence-electron chi connectivity index (χ3n) is 5.35. The Bertz CT molecular complexity index is 1020. The fourth-order valence-corrected chi connectivity index (χ4v) is 3.86. The molecule has 1 fully saturated rings. The van der Waals surface area contributed by atoms with E-state index in [9.17, 15) is 14.7 Å². The molecule has 1 aliphatic heterocycles. The quantitative estimate of drug-likeness (QED) is 0.576. The van der Waals surface area contributed by atoms with Gasteiger partial charge in [-0.3, -0.25) is 4.79 Å². The van der Waals surface area contributed by atoms with E-state index in [1.54, 1.807) is 0 Å². The zero-order valence-corrected chi connectivity index (χ0v) is 16.4. The Morgan fingerprint density at radius 2 is 1.43 bits per heavy atom. The van der Waals surface area contributed by atoms with E-state index in [0.717, 1.165) is 16.9 Å². The first kappa shape index (κ1) is 19.5. The molecule has 152 valence electrons. The fourth-order valence-electron chi connectivity index (χ4n) is 3.86. The minimum atomic E-state index is -1.000. The Balaban J connectivity index is 1.50. The molecule has 0 bridgehead atoms. The van der Waals surface area contributed by atoms with Crippen LogP contribution < -0.4 is 10.6 Å². The summed E-state index contributed by atoms with van der Waals surface area (Å²) in [6.07, 6.45) is -1.000. The number of carbonyl (C=O) groups is 2. The number of para-hydroxylation sites is 1. The maximum absolute atomic E-state index is 13.1. The molecule has 4 rings (SSSR count). The number of carboxylic acid groups (broad SMARTS) is 1. The molecule has 0 spiro atoms. The summed E-state index contributed by atoms with van der Waals surface area (Å²) in [4.78, 5) is 25.9. The van der Waals surface area contributed by atoms with Gasteiger partial charge in [-0.25, -0.2) is 4.79 Å². The highest BCUT2D eigenvalue weighted by atomic mass is 16.4. The molecule has 0 radical (unpaired) electrons. The van der Waals surface area contributed by atoms with Gasteiger partial charge in [0.15, 0.2) is 0 Å². The van der Waals surface area contributed by atoms with Crippen LogP contribution in [0.3, 0.4) is 0 Å². The Morgan fingerprint density at radius 1 is 0.800 bits per heavy atom. The number of nitrogens with one attached hydrogen (secondary N) is 2. The highest BCUT2D eigenvalue weighted by Crippen LogP contribution is 2.34. The molecule has 1 saturated heterocycles. The lowest BCUT2D eigenvalue weighted by atomic mass is 9.88. The van der Waals surface area contributed by atoms with Crippen LogP contribution in [-0.4, -0.2) is 35.1 Å². The Morgan fingerprint density at radius 3 is 2.13 bits per heavy atom. The van der Waals surface area contributed by atoms with E-state index in [4.69, 9.17) is 0 Å². The van der Waals surface area contributed by atoms with E-state index in [0.29, 0.717) is 12.2 Å². The van der Waals surface area contributed by atoms with E-state index in [1.807, 2.05) is 84.9 Å². The van der Waals surface area contributed by atoms with E-state index in [1.165, 1.54) is 4.90 Å². The number of rotatable bonds is 5. The summed E-state index contributed by atoms with van der Waals surface area (Å²) >= 11 is 0. The van der Waals surface area contributed by atoms with Gasteiger partial charge in [0.2, 0.25) is 5.91 Å². The maximum Gasteiger partial charge on any atom is 0.407 e. The summed E-state index contributed by atoms with van der Waals surface area (Å²) in [5.74, 6) is -0.799. The second-order valence-corrected chi connectivity index (χ2v) is 7.37. The molecule has 3 aromatic rings. The predicted molar refractivity (Wildman–Crippen MR) is 117 cm³/mol. The molecule has 1 heterocycles. The third-order valence-corrected chi connectivity index (χ3v) is 5.35. The van der Waals surface area contributed by atoms with Crippen LogP contribution >= 0.6 is 0 Å². The van der Waals surface area contributed by atoms with Gasteiger partial charge in [-0.15, -0.1) is 0 Å². The summed E-state index contributed by atoms with van der Waals surface area (Å²) in [6, 6.07) is 26.9. The average molecular weight is 401 g/mol. The normalized spacial score (nSPS) is 18.1. The van der Waals surface area contributed by atoms with Gasteiger partial charge in [0.05, 0.1) is 5.92 Å². The van der Waals surface area contributed by atoms with Gasteiger partial charge in [-0.1, -0.05) is 54.6 Å². The van der Waals surface area contributed by atoms with Crippen LogP contribution in [0, 0.1) is 5.92 Å². The largest absolute Gasteiger partial charge is 0.465 e. The average Bonchev–Trinajstić information content (AvgIpc) is 3.22. The molecule has 6 nitrogen and oxygen atoms in total. The van der Waals surface area contributed by atoms with Crippen molar-refractivity contribution in [3.8, 4) is 0 Å². The van der Waals surface area contributed by atoms with Crippen molar-refractivity contribution in [3.63, 3.8) is 0 Å². The monoisotopic (exact) mass is 401 g/mol. The van der Waals surface area contributed by atoms with Crippen LogP contribution in [0.15, 0.2) is 84.9 Å². The van der Waals surface area contributed by atoms with Gasteiger partial charge in [0.25, 0.3) is 0 Å². The molecular weight excluding hydrogens is 378 g/mol. The maximum atomic E-state index is 13.1. The lowest BCUT2D eigenvalue weighted by molar-refractivity contribution is -0.119. The van der Waals surface area contributed by atoms with Crippen molar-refractivity contribution in [2.75, 3.05) is 23.7 Å². The number of nitrogens with zero attached hydrogens (tertiary/aromatic N) is 1. The number of amides is 2. The SMILES string of the molecule is O=C(Nc1cccc(Nc2ccccc2)c1)[C@H]1CN(C(=O)O)C[C@@H]1c1ccccc1. The van der Waals surface area contributed by atoms with E-state index < -0.39 is 12.0 Å². The summed E-state index contributed by atoms with van der Waals surface area (Å²) < 4.78 is 0. The van der Waals surface area contributed by atoms with Crippen LogP contribution in [-0.2, 0) is 4.79 Å². The van der Waals surface area contributed by atoms with Gasteiger partial charge in [-0.2, -0.15) is 0 Å². The molecule has 0 unspecified atom stereocenters. The van der Waals surface area contributed by atoms with E-state index in [2.05, 4.69) is 10.6 Å². The summed E-state index contributed by atoms with van der Waals surface area (Å²) in [5.41, 5.74) is 3.46. The van der Waals surface area contributed by atoms with Crippen molar-refractivity contribution < 1.29 is 14.7 Å². The van der Waals surface area contributed by atoms with Gasteiger partial charge in [-0.05, 0) is 35.9 Å². The molecule has 1 aliphatic rings. The number of likely N-dealkylation sites (tertiary alicyclic amines) is 1. The predicted octanol–water partition coefficient (Wildman–Crippen LogP) is 4.76. The molecule has 2 amide bonds. The number of carbonyl (C=O) groups excluding carboxylic acids is 1. The first-order chi connectivity index (χ1) is 14.6. The molecular formula is C24H23N3O3. The van der Waals surface area contributed by atoms with Gasteiger partial charge >= 0.3 is 6.09 Å². The Hall–Kier alpha value is -3.80. The second kappa shape index (κ2) is 8.69. The first-order valence-corrected chi connectivity index (χ1v) is 9.86. The van der Waals surface area contributed by atoms with Crippen molar-refractivity contribution in [3.05, 3.63) is 90.5 Å². The van der Waals surface area contributed by atoms with Crippen LogP contribution in [0.5, 0.6) is 0 Å². The van der Waals surface area contributed by atoms with Crippen molar-refractivity contribution in [1.29, 1.82) is 0 Å². The van der Waals surface area contributed by atoms with Gasteiger partial charge in [0, 0.05) is 36.1 Å². The van der Waals surface area contributed by atoms with Crippen LogP contribution in [0.25, 0.3) is 0 Å². The fraction of sp³-hybridized carbons (Fsp3) is 0.167. The molecule has 0 saturated carbocycles. The van der Waals surface area contributed by atoms with Crippen molar-refractivity contribution >= 4 is 29.1 Å². The number of benzene rings is 3. The van der Waals surface area contributed by atoms with Gasteiger partial charge in [0.1, 0.15) is 0 Å². The molecule has 0 aromatic heterocycles. The van der Waals surface area contributed by atoms with Crippen LogP contribution in [0.1, 0.15) is 11.5 Å². The third kappa shape index (κ3) is 4.43. The first-order valence-electron chi connectivity index (χ1n) is 9.86. The Kier molecular flexibility index (Phi) is 5.66. The van der Waals surface area contributed by atoms with E-state index in [-0.39, 0.29) is 18.4 Å². The number of anilines is 3. The van der Waals surface area contributed by atoms with Crippen molar-refractivity contribution in [1.82, 2.24) is 4.90 Å². The second-order valence-electron chi connectivity index (χ2n) is 7.37. The standard InChI is InChI=1S/C24H23N3O3/c28-23(22-16-27(24(29)30)15-21(22)17-8-3-1-4-9-17)26-20-13-7-12-19(14-20)25-18-10-5-2-6-11-18/h1-14,21-22,25H,15-16H2,(H,26,28)(H,29,30)/t21-,22+/m1/s1. The zero-order chi connectivity index (χ0) is 20.9. The lowest BCUT2D eigenvalue weighted by Gasteiger charge is -2.18. The Labute approximate surface area is 175 Å². The topological polar surface area (TPSA) is 81.7 Å². The molecule has 3 aromatic carbocycles. The summed E-state index contributed by atoms with van der Waals surface area (Å²) in [5, 5.41) is 15.7. The molecule has 2 atom stereocenters. The zero-order valence-electron chi connectivity index (χ0n) is 16.4. The van der Waals surface area contributed by atoms with Crippen molar-refractivity contribution in [2.45, 2.75) is 5.92 Å². The highest BCUT2D eigenvalue weighted by Gasteiger charge is 2.40. The molecule has 6 heteroatoms. The number of hydrogen-bond donors (Lipinski definition) is 3. The van der Waals surface area contributed by atoms with Crippen LogP contribution in [0.2, 0.25) is 0 Å². The highest BCUT2D eigenvalue weighted by molar-refractivity contribution is 5.94. The minimum absolute atomic E-state index is 0.173. The van der Waals surface area contributed by atoms with Gasteiger partial charge < -0.3 is 20.6 Å². The van der Waals surface area contributed by atoms with E-state index >= 15 is 0 Å².